The first kappa shape index (κ1) is 14.0. The number of carboxylic acids is 1. The number of hydrogen-bond acceptors (Lipinski definition) is 4. The van der Waals surface area contributed by atoms with Crippen molar-refractivity contribution in [1.82, 2.24) is 0 Å². The van der Waals surface area contributed by atoms with E-state index in [0.717, 1.165) is 0 Å². The zero-order chi connectivity index (χ0) is 13.9. The molecule has 5 heteroatoms. The average molecular weight is 252 g/mol. The molecule has 0 saturated carbocycles. The van der Waals surface area contributed by atoms with E-state index < -0.39 is 11.6 Å². The van der Waals surface area contributed by atoms with E-state index in [4.69, 9.17) is 14.6 Å². The summed E-state index contributed by atoms with van der Waals surface area (Å²) in [6, 6.07) is 3.12. The molecule has 0 fully saturated rings. The fraction of sp³-hybridized carbons (Fsp3) is 0.385. The Bertz CT molecular complexity index is 477. The van der Waals surface area contributed by atoms with Gasteiger partial charge >= 0.3 is 5.97 Å². The molecule has 1 N–H and O–H groups in total. The van der Waals surface area contributed by atoms with Crippen molar-refractivity contribution in [1.29, 1.82) is 0 Å². The molecular weight excluding hydrogens is 236 g/mol. The summed E-state index contributed by atoms with van der Waals surface area (Å²) in [6.45, 7) is 4.62. The van der Waals surface area contributed by atoms with E-state index in [1.807, 2.05) is 0 Å². The van der Waals surface area contributed by atoms with E-state index in [-0.39, 0.29) is 0 Å². The van der Waals surface area contributed by atoms with Crippen molar-refractivity contribution in [3.05, 3.63) is 23.3 Å². The van der Waals surface area contributed by atoms with Gasteiger partial charge in [0.15, 0.2) is 17.1 Å². The number of aryl methyl sites for hydroxylation is 1. The summed E-state index contributed by atoms with van der Waals surface area (Å²) in [4.78, 5) is 21.8. The second-order valence-electron chi connectivity index (χ2n) is 4.40. The number of rotatable bonds is 5. The lowest BCUT2D eigenvalue weighted by Gasteiger charge is -2.24. The van der Waals surface area contributed by atoms with Gasteiger partial charge in [-0.3, -0.25) is 4.79 Å². The Morgan fingerprint density at radius 1 is 1.39 bits per heavy atom. The fourth-order valence-corrected chi connectivity index (χ4v) is 1.42. The van der Waals surface area contributed by atoms with E-state index >= 15 is 0 Å². The summed E-state index contributed by atoms with van der Waals surface area (Å²) >= 11 is 0. The van der Waals surface area contributed by atoms with Gasteiger partial charge in [-0.2, -0.15) is 0 Å². The number of carbonyl (C=O) groups is 2. The van der Waals surface area contributed by atoms with Crippen LogP contribution in [-0.2, 0) is 4.79 Å². The largest absolute Gasteiger partial charge is 0.493 e. The van der Waals surface area contributed by atoms with E-state index in [1.54, 1.807) is 13.0 Å². The summed E-state index contributed by atoms with van der Waals surface area (Å²) in [5.41, 5.74) is -0.281. The van der Waals surface area contributed by atoms with Crippen LogP contribution in [0, 0.1) is 6.92 Å². The minimum Gasteiger partial charge on any atom is -0.493 e. The van der Waals surface area contributed by atoms with Crippen molar-refractivity contribution in [3.63, 3.8) is 0 Å². The maximum Gasteiger partial charge on any atom is 0.347 e. The number of benzene rings is 1. The molecule has 0 aliphatic carbocycles. The van der Waals surface area contributed by atoms with Crippen LogP contribution in [0.2, 0.25) is 0 Å². The van der Waals surface area contributed by atoms with Crippen LogP contribution < -0.4 is 9.47 Å². The summed E-state index contributed by atoms with van der Waals surface area (Å²) < 4.78 is 10.6. The molecule has 18 heavy (non-hydrogen) atoms. The van der Waals surface area contributed by atoms with Crippen LogP contribution in [0.5, 0.6) is 11.5 Å². The summed E-state index contributed by atoms with van der Waals surface area (Å²) in [5, 5.41) is 9.04. The van der Waals surface area contributed by atoms with Gasteiger partial charge in [-0.25, -0.2) is 4.79 Å². The number of aliphatic carboxylic acids is 1. The fourth-order valence-electron chi connectivity index (χ4n) is 1.42. The molecular formula is C13H16O5. The van der Waals surface area contributed by atoms with Gasteiger partial charge in [0, 0.05) is 5.56 Å². The van der Waals surface area contributed by atoms with Crippen molar-refractivity contribution in [2.75, 3.05) is 7.11 Å². The van der Waals surface area contributed by atoms with Gasteiger partial charge in [-0.15, -0.1) is 0 Å². The molecule has 0 unspecified atom stereocenters. The summed E-state index contributed by atoms with van der Waals surface area (Å²) in [7, 11) is 1.43. The molecule has 1 rings (SSSR count). The van der Waals surface area contributed by atoms with Gasteiger partial charge in [0.2, 0.25) is 0 Å². The van der Waals surface area contributed by atoms with Crippen LogP contribution in [-0.4, -0.2) is 30.1 Å². The zero-order valence-electron chi connectivity index (χ0n) is 10.8. The SMILES string of the molecule is COc1cc(C=O)cc(C)c1OC(C)(C)C(=O)O. The molecule has 0 aromatic heterocycles. The minimum absolute atomic E-state index is 0.329. The van der Waals surface area contributed by atoms with Crippen LogP contribution in [0.25, 0.3) is 0 Å². The van der Waals surface area contributed by atoms with Crippen molar-refractivity contribution in [2.24, 2.45) is 0 Å². The normalized spacial score (nSPS) is 10.9. The van der Waals surface area contributed by atoms with Gasteiger partial charge in [0.1, 0.15) is 6.29 Å². The molecule has 0 aliphatic rings. The molecule has 0 saturated heterocycles. The zero-order valence-corrected chi connectivity index (χ0v) is 10.8. The van der Waals surface area contributed by atoms with E-state index in [0.29, 0.717) is 28.9 Å². The van der Waals surface area contributed by atoms with E-state index in [9.17, 15) is 9.59 Å². The average Bonchev–Trinajstić information content (AvgIpc) is 2.30. The van der Waals surface area contributed by atoms with Crippen LogP contribution >= 0.6 is 0 Å². The monoisotopic (exact) mass is 252 g/mol. The summed E-state index contributed by atoms with van der Waals surface area (Å²) in [5.74, 6) is -0.412. The van der Waals surface area contributed by atoms with Crippen LogP contribution in [0.1, 0.15) is 29.8 Å². The van der Waals surface area contributed by atoms with Gasteiger partial charge in [-0.05, 0) is 38.5 Å². The number of carbonyl (C=O) groups excluding carboxylic acids is 1. The Morgan fingerprint density at radius 3 is 2.44 bits per heavy atom. The number of aldehydes is 1. The van der Waals surface area contributed by atoms with Gasteiger partial charge in [0.05, 0.1) is 7.11 Å². The minimum atomic E-state index is -1.37. The highest BCUT2D eigenvalue weighted by Crippen LogP contribution is 2.34. The standard InChI is InChI=1S/C13H16O5/c1-8-5-9(7-14)6-10(17-4)11(8)18-13(2,3)12(15)16/h5-7H,1-4H3,(H,15,16). The third kappa shape index (κ3) is 2.80. The third-order valence-electron chi connectivity index (χ3n) is 2.49. The van der Waals surface area contributed by atoms with E-state index in [2.05, 4.69) is 0 Å². The smallest absolute Gasteiger partial charge is 0.347 e. The number of ether oxygens (including phenoxy) is 2. The Hall–Kier alpha value is -2.04. The molecule has 0 aliphatic heterocycles. The molecule has 5 nitrogen and oxygen atoms in total. The Kier molecular flexibility index (Phi) is 3.96. The van der Waals surface area contributed by atoms with Crippen LogP contribution in [0.4, 0.5) is 0 Å². The van der Waals surface area contributed by atoms with Crippen LogP contribution in [0.15, 0.2) is 12.1 Å². The highest BCUT2D eigenvalue weighted by molar-refractivity contribution is 5.79. The third-order valence-corrected chi connectivity index (χ3v) is 2.49. The topological polar surface area (TPSA) is 72.8 Å². The molecule has 1 aromatic rings. The molecule has 98 valence electrons. The molecule has 1 aromatic carbocycles. The second kappa shape index (κ2) is 5.08. The highest BCUT2D eigenvalue weighted by atomic mass is 16.5. The van der Waals surface area contributed by atoms with Crippen molar-refractivity contribution < 1.29 is 24.2 Å². The van der Waals surface area contributed by atoms with Crippen molar-refractivity contribution >= 4 is 12.3 Å². The van der Waals surface area contributed by atoms with E-state index in [1.165, 1.54) is 27.0 Å². The maximum atomic E-state index is 11.0. The van der Waals surface area contributed by atoms with Crippen molar-refractivity contribution in [2.45, 2.75) is 26.4 Å². The molecule has 0 atom stereocenters. The Morgan fingerprint density at radius 2 is 2.00 bits per heavy atom. The number of hydrogen-bond donors (Lipinski definition) is 1. The molecule has 0 heterocycles. The quantitative estimate of drug-likeness (QED) is 0.812. The molecule has 0 amide bonds. The maximum absolute atomic E-state index is 11.0. The van der Waals surface area contributed by atoms with Gasteiger partial charge in [0.25, 0.3) is 0 Å². The molecule has 0 bridgehead atoms. The number of carboxylic acid groups (broad SMARTS) is 1. The lowest BCUT2D eigenvalue weighted by molar-refractivity contribution is -0.152. The first-order valence-electron chi connectivity index (χ1n) is 5.38. The van der Waals surface area contributed by atoms with Gasteiger partial charge in [-0.1, -0.05) is 0 Å². The number of methoxy groups -OCH3 is 1. The summed E-state index contributed by atoms with van der Waals surface area (Å²) in [6.07, 6.45) is 0.696. The lowest BCUT2D eigenvalue weighted by atomic mass is 10.1. The second-order valence-corrected chi connectivity index (χ2v) is 4.40. The van der Waals surface area contributed by atoms with Crippen molar-refractivity contribution in [3.8, 4) is 11.5 Å². The predicted molar refractivity (Wildman–Crippen MR) is 65.5 cm³/mol. The highest BCUT2D eigenvalue weighted by Gasteiger charge is 2.31. The first-order valence-corrected chi connectivity index (χ1v) is 5.38. The molecule has 0 spiro atoms. The Balaban J connectivity index is 3.24. The first-order chi connectivity index (χ1) is 8.31. The molecule has 0 radical (unpaired) electrons. The Labute approximate surface area is 105 Å². The predicted octanol–water partition coefficient (Wildman–Crippen LogP) is 2.06. The van der Waals surface area contributed by atoms with Gasteiger partial charge < -0.3 is 14.6 Å². The lowest BCUT2D eigenvalue weighted by Crippen LogP contribution is -2.38. The van der Waals surface area contributed by atoms with Crippen LogP contribution in [0.3, 0.4) is 0 Å².